The number of hydrogen-bond donors (Lipinski definition) is 1. The van der Waals surface area contributed by atoms with Crippen LogP contribution in [0.2, 0.25) is 0 Å². The van der Waals surface area contributed by atoms with Gasteiger partial charge in [-0.05, 0) is 50.1 Å². The summed E-state index contributed by atoms with van der Waals surface area (Å²) < 4.78 is 16.9. The number of hydrogen-bond acceptors (Lipinski definition) is 9. The van der Waals surface area contributed by atoms with E-state index >= 15 is 0 Å². The number of anilines is 2. The standard InChI is InChI=1S/C26H31N5O4/c1-16-13-34-10-9-30(16)26-28-24-21(25(29-26)31-19-4-5-20(31)15-35-14-19)6-7-22(27-24)17-3-8-23(33-2)18(11-17)12-32/h3,6-8,11,16,19-20,32H,4-5,9-10,12-15H2,1-2H3. The maximum absolute atomic E-state index is 9.78. The van der Waals surface area contributed by atoms with Crippen LogP contribution in [0.15, 0.2) is 30.3 Å². The monoisotopic (exact) mass is 477 g/mol. The maximum atomic E-state index is 9.78. The first kappa shape index (κ1) is 22.5. The van der Waals surface area contributed by atoms with Crippen LogP contribution in [0, 0.1) is 0 Å². The smallest absolute Gasteiger partial charge is 0.229 e. The Hall–Kier alpha value is -3.01. The van der Waals surface area contributed by atoms with Crippen molar-refractivity contribution in [3.63, 3.8) is 0 Å². The molecule has 6 rings (SSSR count). The number of aliphatic hydroxyl groups is 1. The van der Waals surface area contributed by atoms with Crippen molar-refractivity contribution < 1.29 is 19.3 Å². The van der Waals surface area contributed by atoms with Gasteiger partial charge in [-0.25, -0.2) is 4.98 Å². The Balaban J connectivity index is 1.49. The number of methoxy groups -OCH3 is 1. The molecule has 1 aromatic carbocycles. The van der Waals surface area contributed by atoms with E-state index in [-0.39, 0.29) is 12.6 Å². The lowest BCUT2D eigenvalue weighted by Crippen LogP contribution is -2.47. The number of ether oxygens (including phenoxy) is 3. The maximum Gasteiger partial charge on any atom is 0.229 e. The molecule has 0 amide bonds. The topological polar surface area (TPSA) is 93.1 Å². The minimum Gasteiger partial charge on any atom is -0.496 e. The first-order valence-corrected chi connectivity index (χ1v) is 12.3. The van der Waals surface area contributed by atoms with Gasteiger partial charge in [-0.3, -0.25) is 0 Å². The summed E-state index contributed by atoms with van der Waals surface area (Å²) in [6, 6.07) is 10.7. The molecule has 3 aliphatic rings. The van der Waals surface area contributed by atoms with Crippen LogP contribution in [0.4, 0.5) is 11.8 Å². The fourth-order valence-electron chi connectivity index (χ4n) is 5.53. The van der Waals surface area contributed by atoms with Gasteiger partial charge in [-0.2, -0.15) is 9.97 Å². The Morgan fingerprint density at radius 3 is 2.60 bits per heavy atom. The summed E-state index contributed by atoms with van der Waals surface area (Å²) in [6.07, 6.45) is 2.22. The van der Waals surface area contributed by atoms with Crippen LogP contribution in [0.1, 0.15) is 25.3 Å². The average molecular weight is 478 g/mol. The SMILES string of the molecule is COc1ccc(-c2ccc3c(N4C5CCC4COC5)nc(N4CCOCC4C)nc3n2)cc1CO. The van der Waals surface area contributed by atoms with Gasteiger partial charge in [0.25, 0.3) is 0 Å². The predicted octanol–water partition coefficient (Wildman–Crippen LogP) is 2.79. The molecule has 2 bridgehead atoms. The summed E-state index contributed by atoms with van der Waals surface area (Å²) in [7, 11) is 1.60. The van der Waals surface area contributed by atoms with E-state index in [4.69, 9.17) is 29.2 Å². The van der Waals surface area contributed by atoms with Crippen LogP contribution < -0.4 is 14.5 Å². The molecule has 0 aliphatic carbocycles. The Bertz CT molecular complexity index is 1220. The van der Waals surface area contributed by atoms with Crippen molar-refractivity contribution >= 4 is 22.8 Å². The minimum absolute atomic E-state index is 0.101. The van der Waals surface area contributed by atoms with Crippen molar-refractivity contribution in [2.24, 2.45) is 0 Å². The lowest BCUT2D eigenvalue weighted by Gasteiger charge is -2.38. The van der Waals surface area contributed by atoms with Gasteiger partial charge in [0.15, 0.2) is 5.65 Å². The van der Waals surface area contributed by atoms with Crippen molar-refractivity contribution in [2.45, 2.75) is 44.5 Å². The van der Waals surface area contributed by atoms with Crippen molar-refractivity contribution in [3.8, 4) is 17.0 Å². The van der Waals surface area contributed by atoms with Crippen molar-refractivity contribution in [1.82, 2.24) is 15.0 Å². The van der Waals surface area contributed by atoms with Crippen molar-refractivity contribution in [1.29, 1.82) is 0 Å². The van der Waals surface area contributed by atoms with E-state index in [0.29, 0.717) is 42.6 Å². The molecule has 9 heteroatoms. The molecule has 3 aliphatic heterocycles. The molecule has 2 aromatic heterocycles. The second-order valence-electron chi connectivity index (χ2n) is 9.55. The summed E-state index contributed by atoms with van der Waals surface area (Å²) >= 11 is 0. The summed E-state index contributed by atoms with van der Waals surface area (Å²) in [5, 5.41) is 10.7. The number of benzene rings is 1. The lowest BCUT2D eigenvalue weighted by molar-refractivity contribution is 0.0902. The summed E-state index contributed by atoms with van der Waals surface area (Å²) in [5.74, 6) is 2.31. The zero-order valence-corrected chi connectivity index (χ0v) is 20.2. The largest absolute Gasteiger partial charge is 0.496 e. The van der Waals surface area contributed by atoms with E-state index in [1.807, 2.05) is 24.3 Å². The molecule has 9 nitrogen and oxygen atoms in total. The highest BCUT2D eigenvalue weighted by molar-refractivity contribution is 5.90. The Kier molecular flexibility index (Phi) is 5.91. The van der Waals surface area contributed by atoms with Crippen LogP contribution in [0.3, 0.4) is 0 Å². The second kappa shape index (κ2) is 9.22. The summed E-state index contributed by atoms with van der Waals surface area (Å²) in [5.41, 5.74) is 3.10. The third-order valence-electron chi connectivity index (χ3n) is 7.38. The van der Waals surface area contributed by atoms with Gasteiger partial charge in [0.05, 0.1) is 69.3 Å². The van der Waals surface area contributed by atoms with Gasteiger partial charge < -0.3 is 29.1 Å². The normalized spacial score (nSPS) is 24.3. The van der Waals surface area contributed by atoms with Crippen LogP contribution >= 0.6 is 0 Å². The summed E-state index contributed by atoms with van der Waals surface area (Å²) in [6.45, 7) is 5.56. The first-order valence-electron chi connectivity index (χ1n) is 12.3. The third kappa shape index (κ3) is 3.97. The molecule has 0 radical (unpaired) electrons. The highest BCUT2D eigenvalue weighted by Gasteiger charge is 2.39. The van der Waals surface area contributed by atoms with Crippen LogP contribution in [0.5, 0.6) is 5.75 Å². The van der Waals surface area contributed by atoms with E-state index in [1.165, 1.54) is 0 Å². The van der Waals surface area contributed by atoms with Gasteiger partial charge >= 0.3 is 0 Å². The molecule has 3 fully saturated rings. The first-order chi connectivity index (χ1) is 17.2. The van der Waals surface area contributed by atoms with E-state index in [9.17, 15) is 5.11 Å². The Morgan fingerprint density at radius 2 is 1.86 bits per heavy atom. The van der Waals surface area contributed by atoms with Gasteiger partial charge in [0.2, 0.25) is 5.95 Å². The van der Waals surface area contributed by atoms with Gasteiger partial charge in [-0.1, -0.05) is 0 Å². The zero-order valence-electron chi connectivity index (χ0n) is 20.2. The molecule has 3 atom stereocenters. The summed E-state index contributed by atoms with van der Waals surface area (Å²) in [4.78, 5) is 19.7. The minimum atomic E-state index is -0.101. The Morgan fingerprint density at radius 1 is 1.03 bits per heavy atom. The van der Waals surface area contributed by atoms with Crippen molar-refractivity contribution in [2.75, 3.05) is 49.9 Å². The number of fused-ring (bicyclic) bond motifs is 3. The molecule has 3 unspecified atom stereocenters. The number of pyridine rings is 1. The van der Waals surface area contributed by atoms with E-state index in [0.717, 1.165) is 60.6 Å². The second-order valence-corrected chi connectivity index (χ2v) is 9.55. The molecule has 5 heterocycles. The fourth-order valence-corrected chi connectivity index (χ4v) is 5.53. The number of morpholine rings is 2. The molecular weight excluding hydrogens is 446 g/mol. The highest BCUT2D eigenvalue weighted by atomic mass is 16.5. The number of rotatable bonds is 5. The fraction of sp³-hybridized carbons (Fsp3) is 0.500. The number of nitrogens with zero attached hydrogens (tertiary/aromatic N) is 5. The van der Waals surface area contributed by atoms with E-state index < -0.39 is 0 Å². The predicted molar refractivity (Wildman–Crippen MR) is 133 cm³/mol. The molecule has 1 N–H and O–H groups in total. The molecule has 3 aromatic rings. The number of aromatic nitrogens is 3. The highest BCUT2D eigenvalue weighted by Crippen LogP contribution is 2.38. The molecule has 184 valence electrons. The van der Waals surface area contributed by atoms with Crippen LogP contribution in [0.25, 0.3) is 22.3 Å². The van der Waals surface area contributed by atoms with Gasteiger partial charge in [0.1, 0.15) is 11.6 Å². The van der Waals surface area contributed by atoms with Gasteiger partial charge in [0, 0.05) is 17.7 Å². The molecule has 3 saturated heterocycles. The van der Waals surface area contributed by atoms with E-state index in [1.54, 1.807) is 7.11 Å². The Labute approximate surface area is 204 Å². The van der Waals surface area contributed by atoms with E-state index in [2.05, 4.69) is 22.8 Å². The lowest BCUT2D eigenvalue weighted by atomic mass is 10.1. The number of aliphatic hydroxyl groups excluding tert-OH is 1. The third-order valence-corrected chi connectivity index (χ3v) is 7.38. The molecule has 0 spiro atoms. The van der Waals surface area contributed by atoms with Gasteiger partial charge in [-0.15, -0.1) is 0 Å². The average Bonchev–Trinajstić information content (AvgIpc) is 3.14. The van der Waals surface area contributed by atoms with Crippen LogP contribution in [-0.2, 0) is 16.1 Å². The van der Waals surface area contributed by atoms with Crippen molar-refractivity contribution in [3.05, 3.63) is 35.9 Å². The zero-order chi connectivity index (χ0) is 23.9. The molecular formula is C26H31N5O4. The quantitative estimate of drug-likeness (QED) is 0.595. The molecule has 0 saturated carbocycles. The molecule has 35 heavy (non-hydrogen) atoms. The van der Waals surface area contributed by atoms with Crippen LogP contribution in [-0.4, -0.2) is 78.3 Å².